The molecule has 1 N–H and O–H groups in total. The summed E-state index contributed by atoms with van der Waals surface area (Å²) >= 11 is 0.267. The Labute approximate surface area is 166 Å². The minimum absolute atomic E-state index is 0.0216. The highest BCUT2D eigenvalue weighted by Gasteiger charge is 2.16. The predicted molar refractivity (Wildman–Crippen MR) is 105 cm³/mol. The smallest absolute Gasteiger partial charge is 0.290 e. The van der Waals surface area contributed by atoms with Crippen molar-refractivity contribution < 1.29 is 13.6 Å². The van der Waals surface area contributed by atoms with E-state index >= 15 is 0 Å². The molecule has 146 valence electrons. The van der Waals surface area contributed by atoms with Gasteiger partial charge in [0.25, 0.3) is 11.7 Å². The van der Waals surface area contributed by atoms with E-state index in [1.54, 1.807) is 6.07 Å². The molecule has 1 aromatic carbocycles. The maximum absolute atomic E-state index is 12.7. The number of rotatable bonds is 7. The number of nitrogens with one attached hydrogen (secondary N) is 1. The van der Waals surface area contributed by atoms with Gasteiger partial charge in [0.2, 0.25) is 0 Å². The Hall–Kier alpha value is -2.74. The molecule has 0 unspecified atom stereocenters. The van der Waals surface area contributed by atoms with E-state index in [1.165, 1.54) is 12.3 Å². The second-order valence-electron chi connectivity index (χ2n) is 6.32. The van der Waals surface area contributed by atoms with Crippen LogP contribution < -0.4 is 5.32 Å². The molecule has 28 heavy (non-hydrogen) atoms. The van der Waals surface area contributed by atoms with Crippen LogP contribution in [0.2, 0.25) is 0 Å². The van der Waals surface area contributed by atoms with E-state index in [9.17, 15) is 13.6 Å². The zero-order valence-corrected chi connectivity index (χ0v) is 16.3. The summed E-state index contributed by atoms with van der Waals surface area (Å²) < 4.78 is 27.2. The maximum atomic E-state index is 12.7. The summed E-state index contributed by atoms with van der Waals surface area (Å²) in [6.45, 7) is 4.89. The lowest BCUT2D eigenvalue weighted by Crippen LogP contribution is -2.23. The number of pyridine rings is 1. The Morgan fingerprint density at radius 3 is 2.68 bits per heavy atom. The van der Waals surface area contributed by atoms with E-state index < -0.39 is 11.7 Å². The SMILES string of the molecule is Cc1cc(C)n(Cc2cccc(CNC(=O)c3cccnc3SC(F)F)c2)n1. The molecule has 0 spiro atoms. The second-order valence-corrected chi connectivity index (χ2v) is 7.30. The van der Waals surface area contributed by atoms with E-state index in [-0.39, 0.29) is 28.9 Å². The van der Waals surface area contributed by atoms with Gasteiger partial charge in [0.05, 0.1) is 17.8 Å². The molecule has 5 nitrogen and oxygen atoms in total. The van der Waals surface area contributed by atoms with Gasteiger partial charge in [0.1, 0.15) is 5.03 Å². The summed E-state index contributed by atoms with van der Waals surface area (Å²) in [6.07, 6.45) is 1.39. The Morgan fingerprint density at radius 2 is 1.96 bits per heavy atom. The number of aryl methyl sites for hydroxylation is 2. The first-order valence-electron chi connectivity index (χ1n) is 8.69. The van der Waals surface area contributed by atoms with Gasteiger partial charge < -0.3 is 5.32 Å². The van der Waals surface area contributed by atoms with Crippen molar-refractivity contribution in [1.82, 2.24) is 20.1 Å². The van der Waals surface area contributed by atoms with Crippen LogP contribution in [0, 0.1) is 13.8 Å². The molecule has 0 atom stereocenters. The molecule has 2 aromatic heterocycles. The second kappa shape index (κ2) is 8.97. The van der Waals surface area contributed by atoms with Gasteiger partial charge in [0.15, 0.2) is 0 Å². The molecular weight excluding hydrogens is 382 g/mol. The fraction of sp³-hybridized carbons (Fsp3) is 0.250. The predicted octanol–water partition coefficient (Wildman–Crippen LogP) is 4.19. The van der Waals surface area contributed by atoms with Gasteiger partial charge in [0, 0.05) is 18.4 Å². The summed E-state index contributed by atoms with van der Waals surface area (Å²) in [5.41, 5.74) is 4.17. The number of carbonyl (C=O) groups excluding carboxylic acids is 1. The summed E-state index contributed by atoms with van der Waals surface area (Å²) in [5.74, 6) is -3.06. The third kappa shape index (κ3) is 5.16. The van der Waals surface area contributed by atoms with Crippen LogP contribution in [0.4, 0.5) is 8.78 Å². The lowest BCUT2D eigenvalue weighted by atomic mass is 10.1. The van der Waals surface area contributed by atoms with Crippen LogP contribution in [0.25, 0.3) is 0 Å². The number of halogens is 2. The fourth-order valence-corrected chi connectivity index (χ4v) is 3.44. The number of aromatic nitrogens is 3. The van der Waals surface area contributed by atoms with E-state index in [4.69, 9.17) is 0 Å². The highest BCUT2D eigenvalue weighted by atomic mass is 32.2. The molecule has 3 aromatic rings. The molecule has 0 radical (unpaired) electrons. The molecule has 8 heteroatoms. The van der Waals surface area contributed by atoms with Gasteiger partial charge in [-0.25, -0.2) is 4.98 Å². The number of thioether (sulfide) groups is 1. The summed E-state index contributed by atoms with van der Waals surface area (Å²) in [4.78, 5) is 16.3. The van der Waals surface area contributed by atoms with Gasteiger partial charge in [-0.15, -0.1) is 0 Å². The maximum Gasteiger partial charge on any atom is 0.290 e. The molecule has 0 aliphatic heterocycles. The van der Waals surface area contributed by atoms with Crippen LogP contribution in [-0.2, 0) is 13.1 Å². The van der Waals surface area contributed by atoms with Crippen LogP contribution in [0.15, 0.2) is 53.7 Å². The summed E-state index contributed by atoms with van der Waals surface area (Å²) in [6, 6.07) is 12.9. The summed E-state index contributed by atoms with van der Waals surface area (Å²) in [5, 5.41) is 7.26. The molecule has 0 saturated carbocycles. The Balaban J connectivity index is 1.67. The molecule has 3 rings (SSSR count). The average molecular weight is 402 g/mol. The van der Waals surface area contributed by atoms with Gasteiger partial charge in [-0.2, -0.15) is 13.9 Å². The zero-order valence-electron chi connectivity index (χ0n) is 15.5. The summed E-state index contributed by atoms with van der Waals surface area (Å²) in [7, 11) is 0. The zero-order chi connectivity index (χ0) is 20.1. The highest BCUT2D eigenvalue weighted by Crippen LogP contribution is 2.26. The van der Waals surface area contributed by atoms with Crippen LogP contribution in [0.3, 0.4) is 0 Å². The molecule has 0 aliphatic rings. The van der Waals surface area contributed by atoms with Crippen LogP contribution in [0.1, 0.15) is 32.9 Å². The fourth-order valence-electron chi connectivity index (χ4n) is 2.87. The van der Waals surface area contributed by atoms with E-state index in [1.807, 2.05) is 48.9 Å². The topological polar surface area (TPSA) is 59.8 Å². The lowest BCUT2D eigenvalue weighted by Gasteiger charge is -2.10. The monoisotopic (exact) mass is 402 g/mol. The molecule has 0 bridgehead atoms. The van der Waals surface area contributed by atoms with Gasteiger partial charge in [-0.05, 0) is 54.9 Å². The van der Waals surface area contributed by atoms with Crippen molar-refractivity contribution in [3.8, 4) is 0 Å². The third-order valence-corrected chi connectivity index (χ3v) is 4.82. The van der Waals surface area contributed by atoms with Gasteiger partial charge in [-0.1, -0.05) is 24.3 Å². The number of hydrogen-bond donors (Lipinski definition) is 1. The molecular formula is C20H20F2N4OS. The number of nitrogens with zero attached hydrogens (tertiary/aromatic N) is 3. The third-order valence-electron chi connectivity index (χ3n) is 4.10. The van der Waals surface area contributed by atoms with Crippen molar-refractivity contribution in [1.29, 1.82) is 0 Å². The Bertz CT molecular complexity index is 974. The Kier molecular flexibility index (Phi) is 6.41. The minimum Gasteiger partial charge on any atom is -0.348 e. The van der Waals surface area contributed by atoms with Crippen molar-refractivity contribution in [3.63, 3.8) is 0 Å². The van der Waals surface area contributed by atoms with Crippen LogP contribution >= 0.6 is 11.8 Å². The largest absolute Gasteiger partial charge is 0.348 e. The number of amides is 1. The van der Waals surface area contributed by atoms with Crippen LogP contribution in [-0.4, -0.2) is 26.4 Å². The lowest BCUT2D eigenvalue weighted by molar-refractivity contribution is 0.0947. The first-order valence-corrected chi connectivity index (χ1v) is 9.57. The van der Waals surface area contributed by atoms with Crippen molar-refractivity contribution in [2.75, 3.05) is 0 Å². The molecule has 0 saturated heterocycles. The Morgan fingerprint density at radius 1 is 1.18 bits per heavy atom. The number of hydrogen-bond acceptors (Lipinski definition) is 4. The average Bonchev–Trinajstić information content (AvgIpc) is 2.97. The molecule has 1 amide bonds. The first-order chi connectivity index (χ1) is 13.4. The highest BCUT2D eigenvalue weighted by molar-refractivity contribution is 7.99. The van der Waals surface area contributed by atoms with E-state index in [0.29, 0.717) is 6.54 Å². The van der Waals surface area contributed by atoms with Gasteiger partial charge in [-0.3, -0.25) is 9.48 Å². The van der Waals surface area contributed by atoms with Crippen molar-refractivity contribution in [2.24, 2.45) is 0 Å². The molecule has 0 aliphatic carbocycles. The van der Waals surface area contributed by atoms with Gasteiger partial charge >= 0.3 is 0 Å². The van der Waals surface area contributed by atoms with Crippen molar-refractivity contribution in [2.45, 2.75) is 37.7 Å². The number of alkyl halides is 2. The van der Waals surface area contributed by atoms with E-state index in [0.717, 1.165) is 22.5 Å². The van der Waals surface area contributed by atoms with Crippen molar-refractivity contribution >= 4 is 17.7 Å². The minimum atomic E-state index is -2.63. The quantitative estimate of drug-likeness (QED) is 0.602. The normalized spacial score (nSPS) is 11.0. The molecule has 2 heterocycles. The number of benzene rings is 1. The standard InChI is InChI=1S/C20H20F2N4OS/c1-13-9-14(2)26(25-13)12-16-6-3-5-15(10-16)11-24-18(27)17-7-4-8-23-19(17)28-20(21)22/h3-10,20H,11-12H2,1-2H3,(H,24,27). The van der Waals surface area contributed by atoms with Crippen LogP contribution in [0.5, 0.6) is 0 Å². The van der Waals surface area contributed by atoms with E-state index in [2.05, 4.69) is 15.4 Å². The first kappa shape index (κ1) is 20.0. The molecule has 0 fully saturated rings. The number of carbonyl (C=O) groups is 1. The van der Waals surface area contributed by atoms with Crippen molar-refractivity contribution in [3.05, 3.63) is 76.7 Å².